The fourth-order valence-corrected chi connectivity index (χ4v) is 9.67. The van der Waals surface area contributed by atoms with Crippen molar-refractivity contribution in [3.63, 3.8) is 0 Å². The van der Waals surface area contributed by atoms with E-state index >= 15 is 4.39 Å². The van der Waals surface area contributed by atoms with Crippen molar-refractivity contribution in [3.8, 4) is 16.9 Å². The predicted molar refractivity (Wildman–Crippen MR) is 261 cm³/mol. The molecule has 7 rings (SSSR count). The smallest absolute Gasteiger partial charge is 0.407 e. The van der Waals surface area contributed by atoms with Gasteiger partial charge in [-0.25, -0.2) is 15.8 Å². The molecule has 4 N–H and O–H groups in total. The second-order valence-corrected chi connectivity index (χ2v) is 19.5. The van der Waals surface area contributed by atoms with Crippen LogP contribution in [0.1, 0.15) is 104 Å². The van der Waals surface area contributed by atoms with Gasteiger partial charge in [0.25, 0.3) is 11.8 Å². The summed E-state index contributed by atoms with van der Waals surface area (Å²) in [6.45, 7) is 18.7. The first-order chi connectivity index (χ1) is 32.9. The number of alkyl halides is 1. The molecule has 5 amide bonds. The van der Waals surface area contributed by atoms with Crippen molar-refractivity contribution < 1.29 is 37.8 Å². The Morgan fingerprint density at radius 3 is 2.16 bits per heavy atom. The molecular formula is C54H60FN7O7. The first-order valence-corrected chi connectivity index (χ1v) is 23.3. The minimum atomic E-state index is -1.72. The number of nitrogens with zero attached hydrogens (tertiary/aromatic N) is 3. The zero-order valence-electron chi connectivity index (χ0n) is 40.0. The average molecular weight is 938 g/mol. The van der Waals surface area contributed by atoms with E-state index in [2.05, 4.69) is 31.1 Å². The van der Waals surface area contributed by atoms with Crippen molar-refractivity contribution >= 4 is 40.6 Å². The Labute approximate surface area is 402 Å². The molecule has 14 nitrogen and oxygen atoms in total. The Hall–Kier alpha value is -7.34. The molecule has 1 aromatic heterocycles. The molecule has 0 spiro atoms. The molecule has 4 aromatic carbocycles. The van der Waals surface area contributed by atoms with Crippen LogP contribution >= 0.6 is 0 Å². The Morgan fingerprint density at radius 2 is 1.51 bits per heavy atom. The van der Waals surface area contributed by atoms with E-state index in [1.54, 1.807) is 48.5 Å². The SMILES string of the molecule is [C-]#[N+]C1CCCN1C(=O)CNC(=O)c1ccnc2ccc(OCCCNC(=O)[C@@H](CNC(=O)c3ccc(C(F)(C(C)(C)C)C(C)(C)C)cc3)NC(=O)OCC3c4ccccc4-c4ccccc43)cc12. The van der Waals surface area contributed by atoms with E-state index in [0.29, 0.717) is 47.2 Å². The summed E-state index contributed by atoms with van der Waals surface area (Å²) in [6, 6.07) is 27.7. The highest BCUT2D eigenvalue weighted by Gasteiger charge is 2.52. The maximum Gasteiger partial charge on any atom is 0.407 e. The predicted octanol–water partition coefficient (Wildman–Crippen LogP) is 8.31. The Kier molecular flexibility index (Phi) is 15.0. The van der Waals surface area contributed by atoms with Gasteiger partial charge < -0.3 is 30.7 Å². The van der Waals surface area contributed by atoms with Gasteiger partial charge >= 0.3 is 12.3 Å². The molecule has 2 aliphatic rings. The van der Waals surface area contributed by atoms with Crippen molar-refractivity contribution in [1.82, 2.24) is 31.2 Å². The van der Waals surface area contributed by atoms with Crippen LogP contribution in [0.15, 0.2) is 103 Å². The quantitative estimate of drug-likeness (QED) is 0.0565. The lowest BCUT2D eigenvalue weighted by Gasteiger charge is -2.47. The molecule has 1 aliphatic carbocycles. The normalized spacial score (nSPS) is 15.0. The minimum absolute atomic E-state index is 0.0173. The summed E-state index contributed by atoms with van der Waals surface area (Å²) in [6.07, 6.45) is 1.88. The zero-order valence-corrected chi connectivity index (χ0v) is 40.0. The summed E-state index contributed by atoms with van der Waals surface area (Å²) in [7, 11) is 0. The van der Waals surface area contributed by atoms with Crippen LogP contribution in [-0.4, -0.2) is 91.2 Å². The number of amides is 5. The monoisotopic (exact) mass is 937 g/mol. The molecule has 5 aromatic rings. The fraction of sp³-hybridized carbons (Fsp3) is 0.389. The van der Waals surface area contributed by atoms with Gasteiger partial charge in [-0.1, -0.05) is 102 Å². The van der Waals surface area contributed by atoms with Gasteiger partial charge in [-0.05, 0) is 77.1 Å². The number of pyridine rings is 1. The molecule has 360 valence electrons. The van der Waals surface area contributed by atoms with Crippen LogP contribution in [0.3, 0.4) is 0 Å². The molecule has 69 heavy (non-hydrogen) atoms. The number of hydrogen-bond donors (Lipinski definition) is 4. The maximum absolute atomic E-state index is 16.8. The number of carbonyl (C=O) groups excluding carboxylic acids is 5. The number of ether oxygens (including phenoxy) is 2. The number of rotatable bonds is 16. The molecule has 2 heterocycles. The fourth-order valence-electron chi connectivity index (χ4n) is 9.67. The second kappa shape index (κ2) is 20.9. The molecule has 1 fully saturated rings. The molecule has 2 atom stereocenters. The third-order valence-corrected chi connectivity index (χ3v) is 13.0. The van der Waals surface area contributed by atoms with Gasteiger partial charge in [0.2, 0.25) is 11.8 Å². The largest absolute Gasteiger partial charge is 0.494 e. The van der Waals surface area contributed by atoms with Crippen molar-refractivity contribution in [3.05, 3.63) is 142 Å². The Morgan fingerprint density at radius 1 is 0.841 bits per heavy atom. The third kappa shape index (κ3) is 10.9. The number of aromatic nitrogens is 1. The summed E-state index contributed by atoms with van der Waals surface area (Å²) in [4.78, 5) is 76.1. The number of halogens is 1. The zero-order chi connectivity index (χ0) is 49.5. The van der Waals surface area contributed by atoms with Gasteiger partial charge in [0.15, 0.2) is 0 Å². The van der Waals surface area contributed by atoms with Gasteiger partial charge in [0.05, 0.1) is 24.2 Å². The lowest BCUT2D eigenvalue weighted by molar-refractivity contribution is -0.130. The van der Waals surface area contributed by atoms with E-state index in [4.69, 9.17) is 16.0 Å². The maximum atomic E-state index is 16.8. The van der Waals surface area contributed by atoms with Crippen LogP contribution < -0.4 is 26.0 Å². The number of fused-ring (bicyclic) bond motifs is 4. The van der Waals surface area contributed by atoms with E-state index in [9.17, 15) is 24.0 Å². The molecule has 15 heteroatoms. The molecule has 0 saturated carbocycles. The van der Waals surface area contributed by atoms with Crippen molar-refractivity contribution in [2.75, 3.05) is 39.4 Å². The lowest BCUT2D eigenvalue weighted by atomic mass is 9.61. The van der Waals surface area contributed by atoms with Gasteiger partial charge in [0, 0.05) is 59.9 Å². The van der Waals surface area contributed by atoms with Crippen LogP contribution in [-0.2, 0) is 20.0 Å². The topological polar surface area (TPSA) is 172 Å². The molecule has 1 saturated heterocycles. The molecule has 1 unspecified atom stereocenters. The summed E-state index contributed by atoms with van der Waals surface area (Å²) in [5, 5.41) is 11.4. The van der Waals surface area contributed by atoms with E-state index in [0.717, 1.165) is 28.7 Å². The van der Waals surface area contributed by atoms with Crippen LogP contribution in [0.4, 0.5) is 9.18 Å². The molecule has 0 radical (unpaired) electrons. The third-order valence-electron chi connectivity index (χ3n) is 13.0. The summed E-state index contributed by atoms with van der Waals surface area (Å²) < 4.78 is 28.6. The highest BCUT2D eigenvalue weighted by atomic mass is 19.1. The minimum Gasteiger partial charge on any atom is -0.494 e. The van der Waals surface area contributed by atoms with Crippen molar-refractivity contribution in [1.29, 1.82) is 0 Å². The lowest BCUT2D eigenvalue weighted by Crippen LogP contribution is -2.53. The molecule has 0 bridgehead atoms. The number of carbonyl (C=O) groups is 5. The number of alkyl carbamates (subject to hydrolysis) is 1. The van der Waals surface area contributed by atoms with Crippen molar-refractivity contribution in [2.45, 2.75) is 84.6 Å². The van der Waals surface area contributed by atoms with Crippen LogP contribution in [0, 0.1) is 17.4 Å². The van der Waals surface area contributed by atoms with E-state index in [1.165, 1.54) is 11.1 Å². The summed E-state index contributed by atoms with van der Waals surface area (Å²) in [5.41, 5.74) is 2.54. The van der Waals surface area contributed by atoms with E-state index < -0.39 is 52.5 Å². The number of likely N-dealkylation sites (tertiary alicyclic amines) is 1. The molecular weight excluding hydrogens is 878 g/mol. The van der Waals surface area contributed by atoms with Gasteiger partial charge in [-0.2, -0.15) is 0 Å². The first kappa shape index (κ1) is 49.6. The standard InChI is InChI=1S/C54H60FN7O7/c1-52(2,3)54(55,53(4,5)6)35-21-19-34(20-22-35)48(64)59-31-45(61-51(67)69-33-43-39-16-10-8-14-37(39)38-15-9-11-17-40(38)43)50(66)58-26-13-29-68-36-23-24-44-42(30-36)41(25-27-57-44)49(65)60-32-47(63)62-28-12-18-46(62)56-7/h8-11,14-17,19-25,27,30,43,45-46H,12-13,18,26,28-29,31-33H2,1-6H3,(H,58,66)(H,59,64)(H,60,65)(H,61,67)/t45-,46?/m1/s1. The van der Waals surface area contributed by atoms with Gasteiger partial charge in [-0.15, -0.1) is 0 Å². The molecule has 1 aliphatic heterocycles. The highest BCUT2D eigenvalue weighted by Crippen LogP contribution is 2.54. The van der Waals surface area contributed by atoms with Crippen LogP contribution in [0.5, 0.6) is 5.75 Å². The Bertz CT molecular complexity index is 2700. The van der Waals surface area contributed by atoms with Crippen LogP contribution in [0.25, 0.3) is 26.9 Å². The number of benzene rings is 4. The van der Waals surface area contributed by atoms with Crippen LogP contribution in [0.2, 0.25) is 0 Å². The van der Waals surface area contributed by atoms with E-state index in [1.807, 2.05) is 90.1 Å². The summed E-state index contributed by atoms with van der Waals surface area (Å²) in [5.74, 6) is -1.64. The average Bonchev–Trinajstić information content (AvgIpc) is 3.95. The van der Waals surface area contributed by atoms with Crippen molar-refractivity contribution in [2.24, 2.45) is 10.8 Å². The second-order valence-electron chi connectivity index (χ2n) is 19.5. The van der Waals surface area contributed by atoms with E-state index in [-0.39, 0.29) is 50.2 Å². The highest BCUT2D eigenvalue weighted by molar-refractivity contribution is 6.07. The summed E-state index contributed by atoms with van der Waals surface area (Å²) >= 11 is 0. The van der Waals surface area contributed by atoms with Gasteiger partial charge in [-0.3, -0.25) is 33.9 Å². The number of hydrogen-bond acceptors (Lipinski definition) is 8. The first-order valence-electron chi connectivity index (χ1n) is 23.3. The number of nitrogens with one attached hydrogen (secondary N) is 4. The Balaban J connectivity index is 0.972. The van der Waals surface area contributed by atoms with Gasteiger partial charge in [0.1, 0.15) is 24.1 Å².